The number of nitrogens with zero attached hydrogens (tertiary/aromatic N) is 3. The van der Waals surface area contributed by atoms with Gasteiger partial charge in [0.05, 0.1) is 23.3 Å². The summed E-state index contributed by atoms with van der Waals surface area (Å²) in [5.41, 5.74) is 2.45. The highest BCUT2D eigenvalue weighted by atomic mass is 16.4. The van der Waals surface area contributed by atoms with Crippen LogP contribution in [0.2, 0.25) is 0 Å². The molecule has 30 heavy (non-hydrogen) atoms. The zero-order valence-electron chi connectivity index (χ0n) is 17.5. The van der Waals surface area contributed by atoms with Gasteiger partial charge in [0, 0.05) is 19.3 Å². The van der Waals surface area contributed by atoms with Crippen LogP contribution in [0.4, 0.5) is 0 Å². The molecule has 4 saturated carbocycles. The minimum absolute atomic E-state index is 0.0401. The quantitative estimate of drug-likeness (QED) is 0.733. The van der Waals surface area contributed by atoms with Crippen molar-refractivity contribution in [2.45, 2.75) is 45.1 Å². The molecule has 0 unspecified atom stereocenters. The van der Waals surface area contributed by atoms with E-state index in [2.05, 4.69) is 10.4 Å². The van der Waals surface area contributed by atoms with Crippen molar-refractivity contribution in [3.05, 3.63) is 35.7 Å². The van der Waals surface area contributed by atoms with Gasteiger partial charge in [-0.05, 0) is 86.9 Å². The summed E-state index contributed by atoms with van der Waals surface area (Å²) in [6.07, 6.45) is 9.86. The van der Waals surface area contributed by atoms with Gasteiger partial charge >= 0.3 is 5.97 Å². The average molecular weight is 411 g/mol. The molecule has 6 rings (SSSR count). The number of carboxylic acid groups (broad SMARTS) is 1. The number of hydrogen-bond acceptors (Lipinski definition) is 4. The Balaban J connectivity index is 1.29. The van der Waals surface area contributed by atoms with Gasteiger partial charge in [-0.1, -0.05) is 0 Å². The summed E-state index contributed by atoms with van der Waals surface area (Å²) < 4.78 is 1.71. The topological polar surface area (TPSA) is 86.9 Å². The van der Waals surface area contributed by atoms with Crippen LogP contribution in [0.15, 0.2) is 24.4 Å². The lowest BCUT2D eigenvalue weighted by atomic mass is 9.49. The van der Waals surface area contributed by atoms with Crippen LogP contribution in [0.3, 0.4) is 0 Å². The minimum atomic E-state index is -0.869. The SMILES string of the molecule is CN(CC(=O)O)Cc1cc2c(C(=O)NCC34CC5CC(CC(C5)C3)C4)cccn2n1. The molecular formula is C23H30N4O3. The van der Waals surface area contributed by atoms with E-state index in [1.165, 1.54) is 38.5 Å². The van der Waals surface area contributed by atoms with Crippen molar-refractivity contribution in [3.8, 4) is 0 Å². The Labute approximate surface area is 176 Å². The Morgan fingerprint density at radius 3 is 2.53 bits per heavy atom. The van der Waals surface area contributed by atoms with Gasteiger partial charge in [0.15, 0.2) is 0 Å². The lowest BCUT2D eigenvalue weighted by molar-refractivity contribution is -0.138. The molecule has 0 saturated heterocycles. The van der Waals surface area contributed by atoms with Crippen LogP contribution >= 0.6 is 0 Å². The fraction of sp³-hybridized carbons (Fsp3) is 0.609. The van der Waals surface area contributed by atoms with Crippen molar-refractivity contribution in [1.29, 1.82) is 0 Å². The Morgan fingerprint density at radius 2 is 1.90 bits per heavy atom. The van der Waals surface area contributed by atoms with Gasteiger partial charge in [-0.3, -0.25) is 14.5 Å². The number of amides is 1. The normalized spacial score (nSPS) is 29.6. The molecule has 4 fully saturated rings. The highest BCUT2D eigenvalue weighted by Crippen LogP contribution is 2.59. The predicted octanol–water partition coefficient (Wildman–Crippen LogP) is 2.80. The van der Waals surface area contributed by atoms with Crippen LogP contribution < -0.4 is 5.32 Å². The molecule has 0 spiro atoms. The second-order valence-electron chi connectivity index (χ2n) is 10.1. The molecular weight excluding hydrogens is 380 g/mol. The van der Waals surface area contributed by atoms with E-state index < -0.39 is 5.97 Å². The first-order valence-electron chi connectivity index (χ1n) is 11.0. The fourth-order valence-corrected chi connectivity index (χ4v) is 6.77. The molecule has 7 nitrogen and oxygen atoms in total. The Hall–Kier alpha value is -2.41. The number of aromatic nitrogens is 2. The third kappa shape index (κ3) is 3.71. The first kappa shape index (κ1) is 19.5. The molecule has 4 bridgehead atoms. The molecule has 0 atom stereocenters. The Morgan fingerprint density at radius 1 is 1.23 bits per heavy atom. The number of nitrogens with one attached hydrogen (secondary N) is 1. The summed E-state index contributed by atoms with van der Waals surface area (Å²) in [5, 5.41) is 16.7. The summed E-state index contributed by atoms with van der Waals surface area (Å²) in [7, 11) is 1.75. The maximum Gasteiger partial charge on any atom is 0.317 e. The van der Waals surface area contributed by atoms with Crippen LogP contribution in [0, 0.1) is 23.2 Å². The zero-order valence-corrected chi connectivity index (χ0v) is 17.5. The van der Waals surface area contributed by atoms with E-state index in [4.69, 9.17) is 5.11 Å². The largest absolute Gasteiger partial charge is 0.480 e. The summed E-state index contributed by atoms with van der Waals surface area (Å²) >= 11 is 0. The maximum absolute atomic E-state index is 13.1. The van der Waals surface area contributed by atoms with Gasteiger partial charge in [-0.15, -0.1) is 0 Å². The van der Waals surface area contributed by atoms with Crippen molar-refractivity contribution >= 4 is 17.4 Å². The molecule has 0 aliphatic heterocycles. The van der Waals surface area contributed by atoms with E-state index in [0.29, 0.717) is 17.5 Å². The summed E-state index contributed by atoms with van der Waals surface area (Å²) in [6, 6.07) is 5.57. The van der Waals surface area contributed by atoms with Gasteiger partial charge in [0.2, 0.25) is 0 Å². The zero-order chi connectivity index (χ0) is 20.9. The van der Waals surface area contributed by atoms with Crippen molar-refractivity contribution in [1.82, 2.24) is 19.8 Å². The number of carbonyl (C=O) groups is 2. The molecule has 1 amide bonds. The summed E-state index contributed by atoms with van der Waals surface area (Å²) in [5.74, 6) is 1.71. The van der Waals surface area contributed by atoms with E-state index in [9.17, 15) is 9.59 Å². The second-order valence-corrected chi connectivity index (χ2v) is 10.1. The molecule has 2 aromatic heterocycles. The molecule has 2 heterocycles. The number of fused-ring (bicyclic) bond motifs is 1. The number of rotatable bonds is 7. The van der Waals surface area contributed by atoms with E-state index >= 15 is 0 Å². The van der Waals surface area contributed by atoms with Crippen LogP contribution in [-0.4, -0.2) is 51.6 Å². The predicted molar refractivity (Wildman–Crippen MR) is 112 cm³/mol. The van der Waals surface area contributed by atoms with Crippen LogP contribution in [-0.2, 0) is 11.3 Å². The first-order chi connectivity index (χ1) is 14.4. The molecule has 4 aliphatic carbocycles. The van der Waals surface area contributed by atoms with Gasteiger partial charge in [0.1, 0.15) is 0 Å². The molecule has 7 heteroatoms. The standard InChI is InChI=1S/C23H30N4O3/c1-26(13-21(28)29)12-18-8-20-19(3-2-4-27(20)25-18)22(30)24-14-23-9-15-5-16(10-23)7-17(6-15)11-23/h2-4,8,15-17H,5-7,9-14H2,1H3,(H,24,30)(H,28,29). The number of carboxylic acids is 1. The van der Waals surface area contributed by atoms with Crippen LogP contribution in [0.5, 0.6) is 0 Å². The van der Waals surface area contributed by atoms with Gasteiger partial charge < -0.3 is 10.4 Å². The van der Waals surface area contributed by atoms with Gasteiger partial charge in [-0.25, -0.2) is 4.52 Å². The smallest absolute Gasteiger partial charge is 0.317 e. The van der Waals surface area contributed by atoms with Gasteiger partial charge in [-0.2, -0.15) is 5.10 Å². The van der Waals surface area contributed by atoms with Crippen LogP contribution in [0.25, 0.3) is 5.52 Å². The molecule has 2 N–H and O–H groups in total. The molecule has 0 aromatic carbocycles. The highest BCUT2D eigenvalue weighted by molar-refractivity contribution is 6.00. The number of hydrogen-bond donors (Lipinski definition) is 2. The monoisotopic (exact) mass is 410 g/mol. The maximum atomic E-state index is 13.1. The second kappa shape index (κ2) is 7.38. The Bertz CT molecular complexity index is 947. The van der Waals surface area contributed by atoms with Crippen molar-refractivity contribution in [2.24, 2.45) is 23.2 Å². The average Bonchev–Trinajstić information content (AvgIpc) is 3.06. The fourth-order valence-electron chi connectivity index (χ4n) is 6.77. The van der Waals surface area contributed by atoms with E-state index in [-0.39, 0.29) is 12.5 Å². The summed E-state index contributed by atoms with van der Waals surface area (Å²) in [6.45, 7) is 1.15. The summed E-state index contributed by atoms with van der Waals surface area (Å²) in [4.78, 5) is 25.7. The van der Waals surface area contributed by atoms with E-state index in [1.807, 2.05) is 24.4 Å². The number of likely N-dealkylation sites (N-methyl/N-ethyl adjacent to an activating group) is 1. The number of carbonyl (C=O) groups excluding carboxylic acids is 1. The Kier molecular flexibility index (Phi) is 4.81. The lowest BCUT2D eigenvalue weighted by Gasteiger charge is -2.56. The molecule has 4 aliphatic rings. The highest BCUT2D eigenvalue weighted by Gasteiger charge is 2.50. The van der Waals surface area contributed by atoms with Crippen LogP contribution in [0.1, 0.15) is 54.6 Å². The minimum Gasteiger partial charge on any atom is -0.480 e. The number of aliphatic carboxylic acids is 1. The first-order valence-corrected chi connectivity index (χ1v) is 11.0. The van der Waals surface area contributed by atoms with Crippen molar-refractivity contribution in [3.63, 3.8) is 0 Å². The molecule has 160 valence electrons. The van der Waals surface area contributed by atoms with Gasteiger partial charge in [0.25, 0.3) is 5.91 Å². The molecule has 2 aromatic rings. The number of pyridine rings is 1. The third-order valence-corrected chi connectivity index (χ3v) is 7.42. The van der Waals surface area contributed by atoms with Crippen molar-refractivity contribution in [2.75, 3.05) is 20.1 Å². The lowest BCUT2D eigenvalue weighted by Crippen LogP contribution is -2.51. The van der Waals surface area contributed by atoms with Crippen molar-refractivity contribution < 1.29 is 14.7 Å². The third-order valence-electron chi connectivity index (χ3n) is 7.42. The molecule has 0 radical (unpaired) electrons. The van der Waals surface area contributed by atoms with E-state index in [0.717, 1.165) is 35.5 Å². The van der Waals surface area contributed by atoms with E-state index in [1.54, 1.807) is 16.5 Å².